The van der Waals surface area contributed by atoms with E-state index in [1.807, 2.05) is 0 Å². The van der Waals surface area contributed by atoms with Crippen LogP contribution in [0.5, 0.6) is 0 Å². The highest BCUT2D eigenvalue weighted by Gasteiger charge is 2.08. The van der Waals surface area contributed by atoms with Gasteiger partial charge in [-0.05, 0) is 45.3 Å². The molecule has 1 N–H and O–H groups in total. The summed E-state index contributed by atoms with van der Waals surface area (Å²) in [5.41, 5.74) is 0. The summed E-state index contributed by atoms with van der Waals surface area (Å²) >= 11 is 0. The number of unbranched alkanes of at least 4 members (excludes halogenated alkanes) is 3. The summed E-state index contributed by atoms with van der Waals surface area (Å²) in [6, 6.07) is 0. The number of carbonyl (C=O) groups excluding carboxylic acids is 1. The molecule has 1 heterocycles. The van der Waals surface area contributed by atoms with Crippen LogP contribution in [0.2, 0.25) is 0 Å². The van der Waals surface area contributed by atoms with Crippen LogP contribution in [0.4, 0.5) is 0 Å². The third-order valence-electron chi connectivity index (χ3n) is 3.30. The molecule has 1 rings (SSSR count). The zero-order valence-electron chi connectivity index (χ0n) is 10.6. The van der Waals surface area contributed by atoms with Crippen molar-refractivity contribution < 1.29 is 10.0 Å². The Morgan fingerprint density at radius 1 is 1.12 bits per heavy atom. The van der Waals surface area contributed by atoms with E-state index in [9.17, 15) is 4.79 Å². The lowest BCUT2D eigenvalue weighted by atomic mass is 10.1. The maximum absolute atomic E-state index is 11.0. The predicted octanol–water partition coefficient (Wildman–Crippen LogP) is 2.45. The van der Waals surface area contributed by atoms with Crippen LogP contribution in [0.25, 0.3) is 0 Å². The zero-order chi connectivity index (χ0) is 12.3. The molecule has 0 spiro atoms. The van der Waals surface area contributed by atoms with E-state index in [1.54, 1.807) is 0 Å². The molecule has 98 valence electrons. The van der Waals surface area contributed by atoms with E-state index in [0.29, 0.717) is 6.42 Å². The summed E-state index contributed by atoms with van der Waals surface area (Å²) in [5.74, 6) is -0.0801. The van der Waals surface area contributed by atoms with Crippen molar-refractivity contribution in [3.8, 4) is 0 Å². The minimum atomic E-state index is -0.0801. The smallest absolute Gasteiger partial charge is 0.177 e. The topological polar surface area (TPSA) is 52.9 Å². The van der Waals surface area contributed by atoms with Crippen molar-refractivity contribution >= 4 is 12.0 Å². The van der Waals surface area contributed by atoms with Gasteiger partial charge in [-0.3, -0.25) is 4.79 Å². The van der Waals surface area contributed by atoms with Crippen LogP contribution in [0, 0.1) is 0 Å². The van der Waals surface area contributed by atoms with E-state index >= 15 is 0 Å². The highest BCUT2D eigenvalue weighted by molar-refractivity contribution is 6.27. The first-order valence-corrected chi connectivity index (χ1v) is 6.75. The molecule has 0 aromatic carbocycles. The third kappa shape index (κ3) is 7.10. The Bertz CT molecular complexity index is 236. The second kappa shape index (κ2) is 9.16. The lowest BCUT2D eigenvalue weighted by Gasteiger charge is -2.26. The summed E-state index contributed by atoms with van der Waals surface area (Å²) in [7, 11) is 0. The highest BCUT2D eigenvalue weighted by Crippen LogP contribution is 2.10. The number of hydrogen-bond acceptors (Lipinski definition) is 4. The van der Waals surface area contributed by atoms with Crippen LogP contribution in [0.15, 0.2) is 5.16 Å². The summed E-state index contributed by atoms with van der Waals surface area (Å²) in [5, 5.41) is 10.9. The van der Waals surface area contributed by atoms with Crippen LogP contribution in [0.3, 0.4) is 0 Å². The normalized spacial score (nSPS) is 17.6. The molecule has 0 radical (unpaired) electrons. The maximum Gasteiger partial charge on any atom is 0.177 e. The molecule has 0 unspecified atom stereocenters. The van der Waals surface area contributed by atoms with Gasteiger partial charge in [-0.1, -0.05) is 24.4 Å². The first kappa shape index (κ1) is 14.2. The molecular weight excluding hydrogens is 216 g/mol. The summed E-state index contributed by atoms with van der Waals surface area (Å²) in [6.07, 6.45) is 10.0. The number of piperidine rings is 1. The Hall–Kier alpha value is -0.900. The number of hydrogen-bond donors (Lipinski definition) is 1. The third-order valence-corrected chi connectivity index (χ3v) is 3.30. The van der Waals surface area contributed by atoms with Gasteiger partial charge in [-0.2, -0.15) is 0 Å². The second-order valence-electron chi connectivity index (χ2n) is 4.78. The van der Waals surface area contributed by atoms with Crippen molar-refractivity contribution in [2.45, 2.75) is 51.4 Å². The van der Waals surface area contributed by atoms with Gasteiger partial charge in [0, 0.05) is 6.42 Å². The number of rotatable bonds is 8. The molecule has 1 fully saturated rings. The molecule has 1 aliphatic heterocycles. The largest absolute Gasteiger partial charge is 0.411 e. The van der Waals surface area contributed by atoms with Crippen LogP contribution < -0.4 is 0 Å². The van der Waals surface area contributed by atoms with Crippen molar-refractivity contribution in [1.82, 2.24) is 4.90 Å². The SMILES string of the molecule is O=C(C=NO)CCCCCCN1CCCCC1. The van der Waals surface area contributed by atoms with Crippen molar-refractivity contribution in [2.24, 2.45) is 5.16 Å². The van der Waals surface area contributed by atoms with Crippen LogP contribution in [0.1, 0.15) is 51.4 Å². The van der Waals surface area contributed by atoms with Gasteiger partial charge >= 0.3 is 0 Å². The van der Waals surface area contributed by atoms with Crippen molar-refractivity contribution in [3.63, 3.8) is 0 Å². The Balaban J connectivity index is 1.88. The average Bonchev–Trinajstić information content (AvgIpc) is 2.35. The molecule has 1 saturated heterocycles. The van der Waals surface area contributed by atoms with Gasteiger partial charge in [0.25, 0.3) is 0 Å². The van der Waals surface area contributed by atoms with E-state index in [2.05, 4.69) is 10.1 Å². The van der Waals surface area contributed by atoms with Crippen LogP contribution in [-0.4, -0.2) is 41.7 Å². The van der Waals surface area contributed by atoms with Crippen molar-refractivity contribution in [1.29, 1.82) is 0 Å². The molecule has 0 saturated carbocycles. The highest BCUT2D eigenvalue weighted by atomic mass is 16.4. The minimum absolute atomic E-state index is 0.0801. The second-order valence-corrected chi connectivity index (χ2v) is 4.78. The van der Waals surface area contributed by atoms with Gasteiger partial charge in [0.2, 0.25) is 0 Å². The van der Waals surface area contributed by atoms with E-state index in [1.165, 1.54) is 51.7 Å². The Kier molecular flexibility index (Phi) is 7.63. The zero-order valence-corrected chi connectivity index (χ0v) is 10.6. The summed E-state index contributed by atoms with van der Waals surface area (Å²) in [4.78, 5) is 13.6. The summed E-state index contributed by atoms with van der Waals surface area (Å²) < 4.78 is 0. The van der Waals surface area contributed by atoms with Gasteiger partial charge < -0.3 is 10.1 Å². The van der Waals surface area contributed by atoms with Gasteiger partial charge in [0.1, 0.15) is 6.21 Å². The average molecular weight is 240 g/mol. The molecule has 0 aliphatic carbocycles. The fourth-order valence-electron chi connectivity index (χ4n) is 2.30. The van der Waals surface area contributed by atoms with Crippen molar-refractivity contribution in [3.05, 3.63) is 0 Å². The van der Waals surface area contributed by atoms with Crippen LogP contribution in [-0.2, 0) is 4.79 Å². The van der Waals surface area contributed by atoms with Gasteiger partial charge in [-0.25, -0.2) is 0 Å². The first-order chi connectivity index (χ1) is 8.33. The quantitative estimate of drug-likeness (QED) is 0.307. The fraction of sp³-hybridized carbons (Fsp3) is 0.846. The molecule has 0 amide bonds. The molecule has 0 bridgehead atoms. The number of Topliss-reactive ketones (excluding diaryl/α,β-unsaturated/α-hetero) is 1. The van der Waals surface area contributed by atoms with Gasteiger partial charge in [0.05, 0.1) is 0 Å². The predicted molar refractivity (Wildman–Crippen MR) is 68.7 cm³/mol. The molecule has 0 aromatic rings. The monoisotopic (exact) mass is 240 g/mol. The number of oxime groups is 1. The van der Waals surface area contributed by atoms with E-state index in [0.717, 1.165) is 19.1 Å². The molecule has 1 aliphatic rings. The van der Waals surface area contributed by atoms with Gasteiger partial charge in [-0.15, -0.1) is 0 Å². The Labute approximate surface area is 104 Å². The number of ketones is 1. The number of nitrogens with zero attached hydrogens (tertiary/aromatic N) is 2. The van der Waals surface area contributed by atoms with E-state index < -0.39 is 0 Å². The van der Waals surface area contributed by atoms with E-state index in [-0.39, 0.29) is 5.78 Å². The van der Waals surface area contributed by atoms with Gasteiger partial charge in [0.15, 0.2) is 5.78 Å². The molecule has 0 aromatic heterocycles. The Morgan fingerprint density at radius 2 is 1.82 bits per heavy atom. The Morgan fingerprint density at radius 3 is 2.53 bits per heavy atom. The van der Waals surface area contributed by atoms with E-state index in [4.69, 9.17) is 5.21 Å². The lowest BCUT2D eigenvalue weighted by molar-refractivity contribution is -0.112. The first-order valence-electron chi connectivity index (χ1n) is 6.75. The molecule has 4 nitrogen and oxygen atoms in total. The molecule has 4 heteroatoms. The minimum Gasteiger partial charge on any atom is -0.411 e. The van der Waals surface area contributed by atoms with Crippen LogP contribution >= 0.6 is 0 Å². The van der Waals surface area contributed by atoms with Crippen molar-refractivity contribution in [2.75, 3.05) is 19.6 Å². The molecule has 0 atom stereocenters. The fourth-order valence-corrected chi connectivity index (χ4v) is 2.30. The standard InChI is InChI=1S/C13H24N2O2/c16-13(12-14-17)8-4-1-2-5-9-15-10-6-3-7-11-15/h12,17H,1-11H2. The lowest BCUT2D eigenvalue weighted by Crippen LogP contribution is -2.30. The summed E-state index contributed by atoms with van der Waals surface area (Å²) in [6.45, 7) is 3.75. The molecular formula is C13H24N2O2. The maximum atomic E-state index is 11.0. The number of likely N-dealkylation sites (tertiary alicyclic amines) is 1. The molecule has 17 heavy (non-hydrogen) atoms. The number of carbonyl (C=O) groups is 1.